The number of hydrogen-bond acceptors (Lipinski definition) is 14. The summed E-state index contributed by atoms with van der Waals surface area (Å²) in [5.41, 5.74) is -0.379. The Morgan fingerprint density at radius 2 is 1.54 bits per heavy atom. The number of benzene rings is 4. The Labute approximate surface area is 289 Å². The third-order valence-electron chi connectivity index (χ3n) is 5.94. The van der Waals surface area contributed by atoms with E-state index in [0.29, 0.717) is 28.9 Å². The number of phenols is 2. The predicted octanol–water partition coefficient (Wildman–Crippen LogP) is 9.16. The van der Waals surface area contributed by atoms with Gasteiger partial charge in [0.15, 0.2) is 11.4 Å². The fourth-order valence-corrected chi connectivity index (χ4v) is 4.41. The van der Waals surface area contributed by atoms with Gasteiger partial charge in [0.2, 0.25) is 11.6 Å². The molecule has 0 unspecified atom stereocenters. The maximum Gasteiger partial charge on any atom is 0.358 e. The van der Waals surface area contributed by atoms with Gasteiger partial charge in [0.25, 0.3) is 0 Å². The quantitative estimate of drug-likeness (QED) is 0.0301. The molecule has 5 aromatic rings. The van der Waals surface area contributed by atoms with Crippen molar-refractivity contribution in [2.75, 3.05) is 7.11 Å². The number of ether oxygens (including phenoxy) is 1. The van der Waals surface area contributed by atoms with Gasteiger partial charge in [-0.15, -0.1) is 19.7 Å². The van der Waals surface area contributed by atoms with E-state index in [1.807, 2.05) is 27.7 Å². The van der Waals surface area contributed by atoms with Crippen LogP contribution in [-0.4, -0.2) is 48.5 Å². The fourth-order valence-electron chi connectivity index (χ4n) is 3.91. The van der Waals surface area contributed by atoms with Crippen LogP contribution in [0.25, 0.3) is 16.5 Å². The summed E-state index contributed by atoms with van der Waals surface area (Å²) in [4.78, 5) is 12.0. The van der Waals surface area contributed by atoms with Crippen LogP contribution in [0.15, 0.2) is 98.1 Å². The van der Waals surface area contributed by atoms with Gasteiger partial charge in [0, 0.05) is 28.5 Å². The monoisotopic (exact) mass is 727 g/mol. The van der Waals surface area contributed by atoms with Gasteiger partial charge in [0.1, 0.15) is 22.9 Å². The van der Waals surface area contributed by atoms with Gasteiger partial charge in [0.05, 0.1) is 35.4 Å². The molecule has 48 heavy (non-hydrogen) atoms. The molecule has 0 aliphatic rings. The molecule has 15 nitrogen and oxygen atoms in total. The van der Waals surface area contributed by atoms with Crippen LogP contribution in [0.4, 0.5) is 22.7 Å². The number of carboxylic acids is 1. The molecule has 1 heterocycles. The molecular weight excluding hydrogens is 696 g/mol. The molecule has 0 saturated carbocycles. The smallest absolute Gasteiger partial charge is 0.358 e. The molecule has 0 amide bonds. The molecular formula is C31H32CuN6O9S. The summed E-state index contributed by atoms with van der Waals surface area (Å²) in [5.74, 6) is -2.13. The summed E-state index contributed by atoms with van der Waals surface area (Å²) in [6, 6.07) is 18.8. The molecule has 0 aliphatic carbocycles. The number of hydrogen-bond donors (Lipinski definition) is 5. The second-order valence-corrected chi connectivity index (χ2v) is 9.27. The number of fused-ring (bicyclic) bond motifs is 1. The summed E-state index contributed by atoms with van der Waals surface area (Å²) in [6.45, 7) is 8.00. The van der Waals surface area contributed by atoms with Crippen molar-refractivity contribution < 1.29 is 61.7 Å². The molecule has 4 aromatic carbocycles. The van der Waals surface area contributed by atoms with Gasteiger partial charge < -0.3 is 25.2 Å². The van der Waals surface area contributed by atoms with E-state index in [-0.39, 0.29) is 61.6 Å². The van der Waals surface area contributed by atoms with E-state index < -0.39 is 17.5 Å². The summed E-state index contributed by atoms with van der Waals surface area (Å²) < 4.78 is 10.7. The topological polar surface area (TPSA) is 213 Å². The van der Waals surface area contributed by atoms with Crippen LogP contribution < -0.4 is 4.74 Å². The first-order valence-corrected chi connectivity index (χ1v) is 14.8. The summed E-state index contributed by atoms with van der Waals surface area (Å²) in [6.07, 6.45) is 0. The number of aromatic carboxylic acids is 1. The minimum atomic E-state index is -1.42. The first kappa shape index (κ1) is 39.1. The number of para-hydroxylation sites is 1. The van der Waals surface area contributed by atoms with Gasteiger partial charge in [-0.05, 0) is 47.9 Å². The molecule has 0 atom stereocenters. The largest absolute Gasteiger partial charge is 0.506 e. The number of carbonyl (C=O) groups is 1. The number of phenolic OH excluding ortho intramolecular Hbond substituents is 2. The number of aromatic hydroxyl groups is 3. The Balaban J connectivity index is 0.00000154. The van der Waals surface area contributed by atoms with E-state index in [4.69, 9.17) is 9.99 Å². The molecule has 1 aromatic heterocycles. The van der Waals surface area contributed by atoms with Crippen molar-refractivity contribution in [2.45, 2.75) is 32.6 Å². The zero-order valence-electron chi connectivity index (χ0n) is 26.2. The predicted molar refractivity (Wildman–Crippen MR) is 174 cm³/mol. The third-order valence-corrected chi connectivity index (χ3v) is 6.56. The second-order valence-electron chi connectivity index (χ2n) is 8.53. The van der Waals surface area contributed by atoms with E-state index in [1.54, 1.807) is 42.5 Å². The molecule has 5 N–H and O–H groups in total. The SMILES string of the molecule is CC.CC.COc1ccc(O)c(N=Nc2c(SOOO)cc3ccc(N=Nc4c(C(=O)O)nn(-c5ccccc5)c4O)cc3c2O)c1.[Cu]. The van der Waals surface area contributed by atoms with Crippen LogP contribution >= 0.6 is 12.0 Å². The van der Waals surface area contributed by atoms with Gasteiger partial charge in [-0.1, -0.05) is 57.0 Å². The molecule has 0 spiro atoms. The summed E-state index contributed by atoms with van der Waals surface area (Å²) in [5, 5.41) is 74.7. The van der Waals surface area contributed by atoms with Crippen molar-refractivity contribution in [2.24, 2.45) is 20.5 Å². The average molecular weight is 728 g/mol. The van der Waals surface area contributed by atoms with Gasteiger partial charge >= 0.3 is 5.97 Å². The van der Waals surface area contributed by atoms with Crippen LogP contribution in [0.5, 0.6) is 23.1 Å². The number of methoxy groups -OCH3 is 1. The molecule has 0 saturated heterocycles. The number of azo groups is 2. The van der Waals surface area contributed by atoms with E-state index in [1.165, 1.54) is 37.4 Å². The Morgan fingerprint density at radius 3 is 2.19 bits per heavy atom. The molecule has 17 heteroatoms. The molecule has 1 radical (unpaired) electrons. The van der Waals surface area contributed by atoms with E-state index >= 15 is 0 Å². The maximum absolute atomic E-state index is 11.8. The number of carboxylic acid groups (broad SMARTS) is 1. The Morgan fingerprint density at radius 1 is 0.854 bits per heavy atom. The van der Waals surface area contributed by atoms with Crippen LogP contribution in [0.3, 0.4) is 0 Å². The molecule has 0 bridgehead atoms. The van der Waals surface area contributed by atoms with Gasteiger partial charge in [-0.2, -0.15) is 14.9 Å². The summed E-state index contributed by atoms with van der Waals surface area (Å²) >= 11 is 0.533. The van der Waals surface area contributed by atoms with Crippen LogP contribution in [0.1, 0.15) is 38.2 Å². The van der Waals surface area contributed by atoms with E-state index in [2.05, 4.69) is 34.9 Å². The van der Waals surface area contributed by atoms with E-state index in [0.717, 1.165) is 4.68 Å². The zero-order valence-corrected chi connectivity index (χ0v) is 27.9. The van der Waals surface area contributed by atoms with Crippen LogP contribution in [0, 0.1) is 0 Å². The van der Waals surface area contributed by atoms with Crippen molar-refractivity contribution in [1.29, 1.82) is 0 Å². The standard InChI is InChI=1S/C27H20N6O9S.2C2H6.Cu/c1-40-17-9-10-20(34)19(13-17)29-30-22-21(43-42-41-39)11-14-7-8-15(12-18(14)25(22)35)28-31-23-24(27(37)38)32-33(26(23)36)16-5-3-2-4-6-16;2*1-2;/h2-13,34-36,39H,1H3,(H,37,38);2*1-2H3;. The maximum atomic E-state index is 11.8. The van der Waals surface area contributed by atoms with Crippen molar-refractivity contribution in [3.8, 4) is 28.8 Å². The number of nitrogens with zero attached hydrogens (tertiary/aromatic N) is 6. The van der Waals surface area contributed by atoms with Crippen LogP contribution in [-0.2, 0) is 26.4 Å². The average Bonchev–Trinajstić information content (AvgIpc) is 3.45. The van der Waals surface area contributed by atoms with Gasteiger partial charge in [-0.3, -0.25) is 0 Å². The van der Waals surface area contributed by atoms with Crippen molar-refractivity contribution in [3.05, 3.63) is 78.5 Å². The fraction of sp³-hybridized carbons (Fsp3) is 0.161. The zero-order chi connectivity index (χ0) is 34.5. The normalized spacial score (nSPS) is 10.6. The third kappa shape index (κ3) is 9.07. The van der Waals surface area contributed by atoms with Gasteiger partial charge in [-0.25, -0.2) is 10.1 Å². The molecule has 0 aliphatic heterocycles. The van der Waals surface area contributed by atoms with Crippen molar-refractivity contribution >= 4 is 51.5 Å². The number of aromatic nitrogens is 2. The first-order valence-electron chi connectivity index (χ1n) is 14.1. The number of rotatable bonds is 10. The summed E-state index contributed by atoms with van der Waals surface area (Å²) in [7, 11) is 1.44. The first-order chi connectivity index (χ1) is 22.8. The van der Waals surface area contributed by atoms with Crippen molar-refractivity contribution in [1.82, 2.24) is 9.78 Å². The van der Waals surface area contributed by atoms with E-state index in [9.17, 15) is 25.2 Å². The van der Waals surface area contributed by atoms with Crippen molar-refractivity contribution in [3.63, 3.8) is 0 Å². The molecule has 5 rings (SSSR count). The Kier molecular flexibility index (Phi) is 15.5. The minimum absolute atomic E-state index is 0. The van der Waals surface area contributed by atoms with Crippen LogP contribution in [0.2, 0.25) is 0 Å². The molecule has 257 valence electrons. The Hall–Kier alpha value is -5.03. The molecule has 0 fully saturated rings. The minimum Gasteiger partial charge on any atom is -0.506 e. The Bertz CT molecular complexity index is 1890. The second kappa shape index (κ2) is 19.0.